The van der Waals surface area contributed by atoms with Crippen molar-refractivity contribution in [2.75, 3.05) is 12.4 Å². The zero-order valence-corrected chi connectivity index (χ0v) is 14.5. The summed E-state index contributed by atoms with van der Waals surface area (Å²) < 4.78 is 5.58. The maximum atomic E-state index is 12.3. The molecule has 0 atom stereocenters. The van der Waals surface area contributed by atoms with Crippen LogP contribution in [0.4, 0.5) is 5.13 Å². The number of carbonyl (C=O) groups is 2. The van der Waals surface area contributed by atoms with Gasteiger partial charge in [0.05, 0.1) is 22.9 Å². The highest BCUT2D eigenvalue weighted by Gasteiger charge is 2.13. The number of ether oxygens (including phenoxy) is 1. The molecule has 122 valence electrons. The van der Waals surface area contributed by atoms with Crippen LogP contribution in [0.5, 0.6) is 0 Å². The van der Waals surface area contributed by atoms with Gasteiger partial charge in [-0.05, 0) is 48.9 Å². The lowest BCUT2D eigenvalue weighted by molar-refractivity contribution is 0.0600. The molecule has 7 heteroatoms. The highest BCUT2D eigenvalue weighted by Crippen LogP contribution is 2.31. The number of methoxy groups -OCH3 is 1. The average Bonchev–Trinajstić information content (AvgIpc) is 3.01. The number of aromatic nitrogens is 1. The second-order valence-corrected chi connectivity index (χ2v) is 6.50. The zero-order chi connectivity index (χ0) is 17.3. The van der Waals surface area contributed by atoms with E-state index in [4.69, 9.17) is 11.6 Å². The monoisotopic (exact) mass is 360 g/mol. The van der Waals surface area contributed by atoms with E-state index in [0.29, 0.717) is 21.3 Å². The normalized spacial score (nSPS) is 10.6. The van der Waals surface area contributed by atoms with Crippen molar-refractivity contribution < 1.29 is 14.3 Å². The molecule has 0 bridgehead atoms. The van der Waals surface area contributed by atoms with Gasteiger partial charge in [0.1, 0.15) is 0 Å². The van der Waals surface area contributed by atoms with Gasteiger partial charge in [-0.3, -0.25) is 10.1 Å². The number of aryl methyl sites for hydroxylation is 1. The minimum absolute atomic E-state index is 0.297. The number of anilines is 1. The summed E-state index contributed by atoms with van der Waals surface area (Å²) in [6, 6.07) is 9.91. The maximum Gasteiger partial charge on any atom is 0.337 e. The summed E-state index contributed by atoms with van der Waals surface area (Å²) in [5.41, 5.74) is 2.48. The SMILES string of the molecule is COC(=O)c1ccc(C(=O)Nc2nc3c(C)c(Cl)ccc3s2)cc1. The molecule has 0 radical (unpaired) electrons. The molecule has 0 saturated heterocycles. The van der Waals surface area contributed by atoms with Gasteiger partial charge in [0, 0.05) is 10.6 Å². The molecule has 0 aliphatic heterocycles. The van der Waals surface area contributed by atoms with Crippen molar-refractivity contribution in [3.05, 3.63) is 58.1 Å². The van der Waals surface area contributed by atoms with E-state index < -0.39 is 5.97 Å². The third-order valence-corrected chi connectivity index (χ3v) is 4.88. The van der Waals surface area contributed by atoms with Crippen LogP contribution in [0.1, 0.15) is 26.3 Å². The minimum Gasteiger partial charge on any atom is -0.465 e. The molecule has 0 fully saturated rings. The predicted octanol–water partition coefficient (Wildman–Crippen LogP) is 4.30. The van der Waals surface area contributed by atoms with Crippen LogP contribution in [0.3, 0.4) is 0 Å². The Balaban J connectivity index is 1.82. The number of nitrogens with zero attached hydrogens (tertiary/aromatic N) is 1. The number of carbonyl (C=O) groups excluding carboxylic acids is 2. The van der Waals surface area contributed by atoms with E-state index in [1.54, 1.807) is 24.3 Å². The topological polar surface area (TPSA) is 68.3 Å². The molecule has 5 nitrogen and oxygen atoms in total. The van der Waals surface area contributed by atoms with Gasteiger partial charge in [-0.1, -0.05) is 22.9 Å². The first-order valence-electron chi connectivity index (χ1n) is 7.05. The fourth-order valence-corrected chi connectivity index (χ4v) is 3.27. The second kappa shape index (κ2) is 6.59. The largest absolute Gasteiger partial charge is 0.465 e. The molecule has 0 saturated carbocycles. The number of esters is 1. The number of nitrogens with one attached hydrogen (secondary N) is 1. The van der Waals surface area contributed by atoms with Crippen molar-refractivity contribution in [3.8, 4) is 0 Å². The van der Waals surface area contributed by atoms with Gasteiger partial charge in [0.15, 0.2) is 5.13 Å². The highest BCUT2D eigenvalue weighted by molar-refractivity contribution is 7.22. The van der Waals surface area contributed by atoms with Gasteiger partial charge >= 0.3 is 5.97 Å². The van der Waals surface area contributed by atoms with Gasteiger partial charge in [-0.15, -0.1) is 0 Å². The lowest BCUT2D eigenvalue weighted by Gasteiger charge is -2.03. The van der Waals surface area contributed by atoms with Crippen molar-refractivity contribution in [2.24, 2.45) is 0 Å². The van der Waals surface area contributed by atoms with Gasteiger partial charge in [-0.25, -0.2) is 9.78 Å². The lowest BCUT2D eigenvalue weighted by Crippen LogP contribution is -2.12. The number of hydrogen-bond donors (Lipinski definition) is 1. The first-order chi connectivity index (χ1) is 11.5. The quantitative estimate of drug-likeness (QED) is 0.707. The number of amides is 1. The number of thiazole rings is 1. The van der Waals surface area contributed by atoms with Crippen LogP contribution in [-0.4, -0.2) is 24.0 Å². The van der Waals surface area contributed by atoms with Gasteiger partial charge in [0.25, 0.3) is 5.91 Å². The van der Waals surface area contributed by atoms with Crippen molar-refractivity contribution in [1.82, 2.24) is 4.98 Å². The Kier molecular flexibility index (Phi) is 4.51. The van der Waals surface area contributed by atoms with E-state index in [1.165, 1.54) is 18.4 Å². The van der Waals surface area contributed by atoms with Crippen LogP contribution in [0.2, 0.25) is 5.02 Å². The van der Waals surface area contributed by atoms with E-state index in [9.17, 15) is 9.59 Å². The van der Waals surface area contributed by atoms with Crippen molar-refractivity contribution in [3.63, 3.8) is 0 Å². The Hall–Kier alpha value is -2.44. The first kappa shape index (κ1) is 16.4. The summed E-state index contributed by atoms with van der Waals surface area (Å²) in [6.45, 7) is 1.89. The standard InChI is InChI=1S/C17H13ClN2O3S/c1-9-12(18)7-8-13-14(9)19-17(24-13)20-15(21)10-3-5-11(6-4-10)16(22)23-2/h3-8H,1-2H3,(H,19,20,21). The van der Waals surface area contributed by atoms with E-state index in [1.807, 2.05) is 19.1 Å². The molecule has 1 aromatic heterocycles. The molecule has 1 N–H and O–H groups in total. The van der Waals surface area contributed by atoms with Crippen LogP contribution in [-0.2, 0) is 4.74 Å². The Bertz CT molecular complexity index is 935. The van der Waals surface area contributed by atoms with Crippen LogP contribution in [0.15, 0.2) is 36.4 Å². The van der Waals surface area contributed by atoms with Gasteiger partial charge in [0.2, 0.25) is 0 Å². The number of rotatable bonds is 3. The summed E-state index contributed by atoms with van der Waals surface area (Å²) in [6.07, 6.45) is 0. The van der Waals surface area contributed by atoms with Crippen LogP contribution in [0.25, 0.3) is 10.2 Å². The molecular formula is C17H13ClN2O3S. The van der Waals surface area contributed by atoms with E-state index in [2.05, 4.69) is 15.0 Å². The number of halogens is 1. The van der Waals surface area contributed by atoms with Crippen molar-refractivity contribution in [1.29, 1.82) is 0 Å². The Labute approximate surface area is 147 Å². The van der Waals surface area contributed by atoms with Gasteiger partial charge < -0.3 is 4.74 Å². The molecule has 24 heavy (non-hydrogen) atoms. The van der Waals surface area contributed by atoms with Crippen molar-refractivity contribution >= 4 is 50.2 Å². The molecule has 1 amide bonds. The van der Waals surface area contributed by atoms with Gasteiger partial charge in [-0.2, -0.15) is 0 Å². The Morgan fingerprint density at radius 1 is 1.12 bits per heavy atom. The first-order valence-corrected chi connectivity index (χ1v) is 8.24. The molecule has 0 spiro atoms. The predicted molar refractivity (Wildman–Crippen MR) is 95.1 cm³/mol. The summed E-state index contributed by atoms with van der Waals surface area (Å²) >= 11 is 7.47. The molecular weight excluding hydrogens is 348 g/mol. The summed E-state index contributed by atoms with van der Waals surface area (Å²) in [5, 5.41) is 3.91. The Morgan fingerprint density at radius 3 is 2.46 bits per heavy atom. The molecule has 0 aliphatic rings. The molecule has 0 unspecified atom stereocenters. The van der Waals surface area contributed by atoms with E-state index >= 15 is 0 Å². The summed E-state index contributed by atoms with van der Waals surface area (Å²) in [7, 11) is 1.31. The highest BCUT2D eigenvalue weighted by atomic mass is 35.5. The van der Waals surface area contributed by atoms with Crippen LogP contribution in [0, 0.1) is 6.92 Å². The molecule has 3 aromatic rings. The van der Waals surface area contributed by atoms with Crippen LogP contribution >= 0.6 is 22.9 Å². The number of hydrogen-bond acceptors (Lipinski definition) is 5. The van der Waals surface area contributed by atoms with Crippen molar-refractivity contribution in [2.45, 2.75) is 6.92 Å². The van der Waals surface area contributed by atoms with E-state index in [-0.39, 0.29) is 5.91 Å². The maximum absolute atomic E-state index is 12.3. The average molecular weight is 361 g/mol. The minimum atomic E-state index is -0.444. The summed E-state index contributed by atoms with van der Waals surface area (Å²) in [5.74, 6) is -0.741. The fraction of sp³-hybridized carbons (Fsp3) is 0.118. The molecule has 1 heterocycles. The molecule has 2 aromatic carbocycles. The molecule has 0 aliphatic carbocycles. The smallest absolute Gasteiger partial charge is 0.337 e. The lowest BCUT2D eigenvalue weighted by atomic mass is 10.1. The fourth-order valence-electron chi connectivity index (χ4n) is 2.20. The zero-order valence-electron chi connectivity index (χ0n) is 12.9. The third kappa shape index (κ3) is 3.11. The van der Waals surface area contributed by atoms with Crippen LogP contribution < -0.4 is 5.32 Å². The second-order valence-electron chi connectivity index (χ2n) is 5.06. The number of benzene rings is 2. The third-order valence-electron chi connectivity index (χ3n) is 3.54. The Morgan fingerprint density at radius 2 is 1.79 bits per heavy atom. The summed E-state index contributed by atoms with van der Waals surface area (Å²) in [4.78, 5) is 28.1. The van der Waals surface area contributed by atoms with E-state index in [0.717, 1.165) is 15.8 Å². The molecule has 3 rings (SSSR count). The number of fused-ring (bicyclic) bond motifs is 1.